The van der Waals surface area contributed by atoms with E-state index in [9.17, 15) is 17.6 Å². The van der Waals surface area contributed by atoms with Crippen molar-refractivity contribution in [3.05, 3.63) is 76.2 Å². The second-order valence-corrected chi connectivity index (χ2v) is 14.5. The van der Waals surface area contributed by atoms with Crippen molar-refractivity contribution in [3.63, 3.8) is 0 Å². The molecule has 4 rings (SSSR count). The number of nitrogens with zero attached hydrogens (tertiary/aromatic N) is 3. The molecule has 1 aliphatic heterocycles. The van der Waals surface area contributed by atoms with Gasteiger partial charge in [0.2, 0.25) is 21.9 Å². The van der Waals surface area contributed by atoms with E-state index in [4.69, 9.17) is 9.47 Å². The quantitative estimate of drug-likeness (QED) is 0.250. The van der Waals surface area contributed by atoms with Crippen LogP contribution in [0.5, 0.6) is 0 Å². The van der Waals surface area contributed by atoms with Crippen molar-refractivity contribution in [3.8, 4) is 11.3 Å². The first kappa shape index (κ1) is 33.7. The van der Waals surface area contributed by atoms with E-state index in [1.165, 1.54) is 19.2 Å². The van der Waals surface area contributed by atoms with Gasteiger partial charge in [0.15, 0.2) is 5.79 Å². The third-order valence-electron chi connectivity index (χ3n) is 7.25. The van der Waals surface area contributed by atoms with Crippen molar-refractivity contribution in [1.29, 1.82) is 0 Å². The van der Waals surface area contributed by atoms with Gasteiger partial charge < -0.3 is 14.8 Å². The van der Waals surface area contributed by atoms with E-state index in [0.29, 0.717) is 41.2 Å². The van der Waals surface area contributed by atoms with Crippen LogP contribution in [0.15, 0.2) is 59.1 Å². The Labute approximate surface area is 267 Å². The molecule has 1 N–H and O–H groups in total. The minimum absolute atomic E-state index is 0.0286. The van der Waals surface area contributed by atoms with Crippen LogP contribution < -0.4 is 9.62 Å². The number of allylic oxidation sites excluding steroid dienone is 1. The molecule has 236 valence electrons. The van der Waals surface area contributed by atoms with E-state index < -0.39 is 27.7 Å². The average Bonchev–Trinajstić information content (AvgIpc) is 2.94. The Hall–Kier alpha value is -3.19. The SMILES string of the molecule is CC(C)c1nc(N(C)S(C)(=O)=O)nc(-c2ccc(F)cc2)c1/C=C/CC1COC(C)(C)O[C@H]1CC(=O)Nc1ccc(Br)cc1. The Balaban J connectivity index is 1.64. The van der Waals surface area contributed by atoms with Crippen molar-refractivity contribution in [2.75, 3.05) is 29.5 Å². The number of hydrogen-bond acceptors (Lipinski definition) is 7. The Morgan fingerprint density at radius 1 is 1.16 bits per heavy atom. The Morgan fingerprint density at radius 2 is 1.82 bits per heavy atom. The summed E-state index contributed by atoms with van der Waals surface area (Å²) in [6, 6.07) is 13.2. The molecule has 1 unspecified atom stereocenters. The molecule has 0 spiro atoms. The first-order valence-electron chi connectivity index (χ1n) is 14.3. The number of anilines is 2. The molecule has 44 heavy (non-hydrogen) atoms. The molecule has 12 heteroatoms. The second-order valence-electron chi connectivity index (χ2n) is 11.6. The Morgan fingerprint density at radius 3 is 2.43 bits per heavy atom. The van der Waals surface area contributed by atoms with Crippen molar-refractivity contribution in [2.45, 2.75) is 58.3 Å². The third-order valence-corrected chi connectivity index (χ3v) is 8.94. The maximum atomic E-state index is 13.8. The summed E-state index contributed by atoms with van der Waals surface area (Å²) in [5, 5.41) is 2.93. The fraction of sp³-hybridized carbons (Fsp3) is 0.406. The molecule has 1 saturated heterocycles. The van der Waals surface area contributed by atoms with E-state index >= 15 is 0 Å². The summed E-state index contributed by atoms with van der Waals surface area (Å²) < 4.78 is 52.6. The molecule has 0 bridgehead atoms. The summed E-state index contributed by atoms with van der Waals surface area (Å²) in [5.41, 5.74) is 3.13. The molecule has 1 aliphatic rings. The van der Waals surface area contributed by atoms with Gasteiger partial charge in [0.1, 0.15) is 5.82 Å². The van der Waals surface area contributed by atoms with Crippen LogP contribution in [0.3, 0.4) is 0 Å². The number of benzene rings is 2. The van der Waals surface area contributed by atoms with E-state index in [0.717, 1.165) is 15.0 Å². The van der Waals surface area contributed by atoms with E-state index in [1.54, 1.807) is 12.1 Å². The van der Waals surface area contributed by atoms with Gasteiger partial charge in [0.25, 0.3) is 0 Å². The summed E-state index contributed by atoms with van der Waals surface area (Å²) in [6.07, 6.45) is 5.22. The molecule has 1 amide bonds. The molecule has 9 nitrogen and oxygen atoms in total. The highest BCUT2D eigenvalue weighted by atomic mass is 79.9. The molecule has 2 heterocycles. The number of sulfonamides is 1. The zero-order valence-corrected chi connectivity index (χ0v) is 28.1. The highest BCUT2D eigenvalue weighted by molar-refractivity contribution is 9.10. The third kappa shape index (κ3) is 8.71. The lowest BCUT2D eigenvalue weighted by molar-refractivity contribution is -0.291. The van der Waals surface area contributed by atoms with Crippen molar-refractivity contribution in [2.24, 2.45) is 5.92 Å². The normalized spacial score (nSPS) is 18.5. The van der Waals surface area contributed by atoms with Crippen LogP contribution in [0, 0.1) is 11.7 Å². The lowest BCUT2D eigenvalue weighted by Gasteiger charge is -2.40. The van der Waals surface area contributed by atoms with Crippen molar-refractivity contribution >= 4 is 49.6 Å². The van der Waals surface area contributed by atoms with E-state index in [2.05, 4.69) is 31.2 Å². The predicted octanol–water partition coefficient (Wildman–Crippen LogP) is 6.76. The first-order chi connectivity index (χ1) is 20.6. The maximum Gasteiger partial charge on any atom is 0.239 e. The highest BCUT2D eigenvalue weighted by Crippen LogP contribution is 2.34. The largest absolute Gasteiger partial charge is 0.350 e. The van der Waals surface area contributed by atoms with Crippen LogP contribution >= 0.6 is 15.9 Å². The van der Waals surface area contributed by atoms with Gasteiger partial charge in [0.05, 0.1) is 36.8 Å². The van der Waals surface area contributed by atoms with Crippen LogP contribution in [-0.2, 0) is 24.3 Å². The number of amides is 1. The minimum Gasteiger partial charge on any atom is -0.350 e. The van der Waals surface area contributed by atoms with Gasteiger partial charge in [-0.2, -0.15) is 0 Å². The highest BCUT2D eigenvalue weighted by Gasteiger charge is 2.37. The zero-order valence-electron chi connectivity index (χ0n) is 25.7. The smallest absolute Gasteiger partial charge is 0.239 e. The second kappa shape index (κ2) is 13.8. The van der Waals surface area contributed by atoms with Gasteiger partial charge in [-0.15, -0.1) is 0 Å². The van der Waals surface area contributed by atoms with Gasteiger partial charge in [-0.3, -0.25) is 4.79 Å². The number of ether oxygens (including phenoxy) is 2. The standard InChI is InChI=1S/C32H38BrFN4O5S/c1-20(2)29-26(30(21-10-14-24(34)15-11-21)37-31(36-29)38(5)44(6,40)41)9-7-8-22-19-42-32(3,4)43-27(22)18-28(39)35-25-16-12-23(33)13-17-25/h7,9-17,20,22,27H,8,18-19H2,1-6H3,(H,35,39)/b9-7+/t22?,27-/m0/s1. The minimum atomic E-state index is -3.63. The van der Waals surface area contributed by atoms with Crippen LogP contribution in [0.25, 0.3) is 17.3 Å². The fourth-order valence-electron chi connectivity index (χ4n) is 4.82. The lowest BCUT2D eigenvalue weighted by Crippen LogP contribution is -2.46. The van der Waals surface area contributed by atoms with Crippen LogP contribution in [0.1, 0.15) is 57.7 Å². The number of carbonyl (C=O) groups is 1. The predicted molar refractivity (Wildman–Crippen MR) is 174 cm³/mol. The van der Waals surface area contributed by atoms with Crippen LogP contribution in [0.2, 0.25) is 0 Å². The lowest BCUT2D eigenvalue weighted by atomic mass is 9.93. The molecule has 2 aromatic carbocycles. The van der Waals surface area contributed by atoms with Crippen molar-refractivity contribution < 1.29 is 27.1 Å². The van der Waals surface area contributed by atoms with Gasteiger partial charge in [-0.1, -0.05) is 41.9 Å². The fourth-order valence-corrected chi connectivity index (χ4v) is 5.47. The maximum absolute atomic E-state index is 13.8. The number of halogens is 2. The summed E-state index contributed by atoms with van der Waals surface area (Å²) in [5.74, 6) is -1.57. The summed E-state index contributed by atoms with van der Waals surface area (Å²) in [4.78, 5) is 22.2. The average molecular weight is 690 g/mol. The van der Waals surface area contributed by atoms with Gasteiger partial charge >= 0.3 is 0 Å². The number of nitrogens with one attached hydrogen (secondary N) is 1. The van der Waals surface area contributed by atoms with Gasteiger partial charge in [-0.25, -0.2) is 27.1 Å². The molecule has 0 radical (unpaired) electrons. The summed E-state index contributed by atoms with van der Waals surface area (Å²) >= 11 is 3.40. The van der Waals surface area contributed by atoms with Crippen LogP contribution in [-0.4, -0.2) is 56.1 Å². The monoisotopic (exact) mass is 688 g/mol. The van der Waals surface area contributed by atoms with E-state index in [1.807, 2.05) is 64.1 Å². The Bertz CT molecular complexity index is 1610. The number of rotatable bonds is 10. The molecule has 2 atom stereocenters. The molecule has 1 aromatic heterocycles. The number of aromatic nitrogens is 2. The first-order valence-corrected chi connectivity index (χ1v) is 16.9. The summed E-state index contributed by atoms with van der Waals surface area (Å²) in [7, 11) is -2.23. The summed E-state index contributed by atoms with van der Waals surface area (Å²) in [6.45, 7) is 7.97. The van der Waals surface area contributed by atoms with Crippen molar-refractivity contribution in [1.82, 2.24) is 9.97 Å². The molecule has 0 aliphatic carbocycles. The topological polar surface area (TPSA) is 111 Å². The molecule has 1 fully saturated rings. The van der Waals surface area contributed by atoms with Crippen LogP contribution in [0.4, 0.5) is 16.0 Å². The number of carbonyl (C=O) groups excluding carboxylic acids is 1. The number of hydrogen-bond donors (Lipinski definition) is 1. The molecular formula is C32H38BrFN4O5S. The molecular weight excluding hydrogens is 651 g/mol. The molecule has 0 saturated carbocycles. The zero-order chi connectivity index (χ0) is 32.2. The van der Waals surface area contributed by atoms with E-state index in [-0.39, 0.29) is 30.1 Å². The molecule has 3 aromatic rings. The Kier molecular flexibility index (Phi) is 10.6. The van der Waals surface area contributed by atoms with Gasteiger partial charge in [0, 0.05) is 34.3 Å². The van der Waals surface area contributed by atoms with Gasteiger partial charge in [-0.05, 0) is 74.7 Å².